The van der Waals surface area contributed by atoms with E-state index in [0.717, 1.165) is 3.57 Å². The van der Waals surface area contributed by atoms with E-state index in [1.54, 1.807) is 12.1 Å². The van der Waals surface area contributed by atoms with Gasteiger partial charge in [-0.25, -0.2) is 0 Å². The topological polar surface area (TPSA) is 57.6 Å². The summed E-state index contributed by atoms with van der Waals surface area (Å²) in [6.45, 7) is 5.17. The van der Waals surface area contributed by atoms with Crippen molar-refractivity contribution in [1.82, 2.24) is 4.90 Å². The van der Waals surface area contributed by atoms with Crippen LogP contribution in [0.4, 0.5) is 0 Å². The largest absolute Gasteiger partial charge is 0.480 e. The molecule has 0 radical (unpaired) electrons. The SMILES string of the molecule is CC(C)(C)N(CC(=O)O)C(=O)c1ccccc1I. The van der Waals surface area contributed by atoms with Crippen LogP contribution in [0.1, 0.15) is 31.1 Å². The van der Waals surface area contributed by atoms with Gasteiger partial charge in [0.15, 0.2) is 0 Å². The van der Waals surface area contributed by atoms with Gasteiger partial charge in [-0.15, -0.1) is 0 Å². The Morgan fingerprint density at radius 3 is 2.28 bits per heavy atom. The summed E-state index contributed by atoms with van der Waals surface area (Å²) >= 11 is 2.08. The maximum Gasteiger partial charge on any atom is 0.323 e. The summed E-state index contributed by atoms with van der Waals surface area (Å²) in [7, 11) is 0. The monoisotopic (exact) mass is 361 g/mol. The zero-order valence-corrected chi connectivity index (χ0v) is 12.8. The summed E-state index contributed by atoms with van der Waals surface area (Å²) in [5, 5.41) is 8.92. The van der Waals surface area contributed by atoms with Crippen LogP contribution in [0.2, 0.25) is 0 Å². The zero-order valence-electron chi connectivity index (χ0n) is 10.6. The van der Waals surface area contributed by atoms with Crippen LogP contribution in [-0.4, -0.2) is 34.0 Å². The van der Waals surface area contributed by atoms with Crippen molar-refractivity contribution in [3.63, 3.8) is 0 Å². The lowest BCUT2D eigenvalue weighted by Crippen LogP contribution is -2.48. The first-order valence-electron chi connectivity index (χ1n) is 5.52. The molecule has 5 heteroatoms. The third kappa shape index (κ3) is 3.69. The van der Waals surface area contributed by atoms with E-state index in [4.69, 9.17) is 5.11 Å². The molecule has 0 aromatic heterocycles. The predicted molar refractivity (Wildman–Crippen MR) is 77.6 cm³/mol. The fourth-order valence-corrected chi connectivity index (χ4v) is 2.15. The van der Waals surface area contributed by atoms with Gasteiger partial charge in [0.2, 0.25) is 0 Å². The molecule has 0 aliphatic carbocycles. The van der Waals surface area contributed by atoms with Gasteiger partial charge in [0.1, 0.15) is 6.54 Å². The first-order valence-corrected chi connectivity index (χ1v) is 6.59. The molecule has 0 aliphatic rings. The van der Waals surface area contributed by atoms with E-state index in [1.807, 2.05) is 32.9 Å². The minimum absolute atomic E-state index is 0.255. The van der Waals surface area contributed by atoms with Crippen molar-refractivity contribution in [2.45, 2.75) is 26.3 Å². The molecule has 0 fully saturated rings. The Balaban J connectivity index is 3.11. The summed E-state index contributed by atoms with van der Waals surface area (Å²) < 4.78 is 0.819. The molecular weight excluding hydrogens is 345 g/mol. The molecule has 1 N–H and O–H groups in total. The van der Waals surface area contributed by atoms with Crippen LogP contribution in [0.15, 0.2) is 24.3 Å². The third-order valence-corrected chi connectivity index (χ3v) is 3.39. The molecule has 1 aromatic carbocycles. The standard InChI is InChI=1S/C13H16INO3/c1-13(2,3)15(8-11(16)17)12(18)9-6-4-5-7-10(9)14/h4-7H,8H2,1-3H3,(H,16,17). The van der Waals surface area contributed by atoms with Gasteiger partial charge in [-0.2, -0.15) is 0 Å². The smallest absolute Gasteiger partial charge is 0.323 e. The molecule has 18 heavy (non-hydrogen) atoms. The highest BCUT2D eigenvalue weighted by Crippen LogP contribution is 2.20. The third-order valence-electron chi connectivity index (χ3n) is 2.45. The van der Waals surface area contributed by atoms with Crippen LogP contribution in [0.5, 0.6) is 0 Å². The van der Waals surface area contributed by atoms with Crippen molar-refractivity contribution in [2.24, 2.45) is 0 Å². The normalized spacial score (nSPS) is 11.1. The summed E-state index contributed by atoms with van der Waals surface area (Å²) in [6.07, 6.45) is 0. The van der Waals surface area contributed by atoms with E-state index < -0.39 is 11.5 Å². The van der Waals surface area contributed by atoms with Crippen LogP contribution < -0.4 is 0 Å². The number of carboxylic acids is 1. The Bertz CT molecular complexity index is 466. The Morgan fingerprint density at radius 2 is 1.83 bits per heavy atom. The molecule has 0 bridgehead atoms. The number of nitrogens with zero attached hydrogens (tertiary/aromatic N) is 1. The summed E-state index contributed by atoms with van der Waals surface area (Å²) in [5.74, 6) is -1.26. The first-order chi connectivity index (χ1) is 8.23. The summed E-state index contributed by atoms with van der Waals surface area (Å²) in [6, 6.07) is 7.16. The van der Waals surface area contributed by atoms with Crippen molar-refractivity contribution < 1.29 is 14.7 Å². The molecule has 0 unspecified atom stereocenters. The molecule has 1 rings (SSSR count). The number of amides is 1. The lowest BCUT2D eigenvalue weighted by molar-refractivity contribution is -0.138. The van der Waals surface area contributed by atoms with Crippen molar-refractivity contribution in [3.05, 3.63) is 33.4 Å². The highest BCUT2D eigenvalue weighted by molar-refractivity contribution is 14.1. The Kier molecular flexibility index (Phi) is 4.72. The lowest BCUT2D eigenvalue weighted by Gasteiger charge is -2.34. The average Bonchev–Trinajstić information content (AvgIpc) is 2.24. The molecule has 0 atom stereocenters. The predicted octanol–water partition coefficient (Wildman–Crippen LogP) is 2.62. The molecule has 0 aliphatic heterocycles. The van der Waals surface area contributed by atoms with E-state index in [1.165, 1.54) is 4.90 Å². The van der Waals surface area contributed by atoms with Gasteiger partial charge in [-0.1, -0.05) is 12.1 Å². The fraction of sp³-hybridized carbons (Fsp3) is 0.385. The van der Waals surface area contributed by atoms with E-state index >= 15 is 0 Å². The number of hydrogen-bond acceptors (Lipinski definition) is 2. The van der Waals surface area contributed by atoms with Crippen LogP contribution in [-0.2, 0) is 4.79 Å². The lowest BCUT2D eigenvalue weighted by atomic mass is 10.0. The van der Waals surface area contributed by atoms with Crippen LogP contribution in [0, 0.1) is 3.57 Å². The molecule has 1 aromatic rings. The zero-order chi connectivity index (χ0) is 13.9. The Labute approximate surface area is 120 Å². The molecule has 98 valence electrons. The number of aliphatic carboxylic acids is 1. The van der Waals surface area contributed by atoms with Crippen molar-refractivity contribution in [1.29, 1.82) is 0 Å². The number of hydrogen-bond donors (Lipinski definition) is 1. The second kappa shape index (κ2) is 5.69. The highest BCUT2D eigenvalue weighted by atomic mass is 127. The van der Waals surface area contributed by atoms with Crippen LogP contribution in [0.3, 0.4) is 0 Å². The summed E-state index contributed by atoms with van der Waals surface area (Å²) in [4.78, 5) is 24.7. The van der Waals surface area contributed by atoms with Gasteiger partial charge < -0.3 is 10.0 Å². The molecule has 0 saturated carbocycles. The molecule has 0 spiro atoms. The quantitative estimate of drug-likeness (QED) is 0.843. The van der Waals surface area contributed by atoms with Gasteiger partial charge in [0, 0.05) is 9.11 Å². The van der Waals surface area contributed by atoms with Crippen molar-refractivity contribution >= 4 is 34.5 Å². The highest BCUT2D eigenvalue weighted by Gasteiger charge is 2.29. The van der Waals surface area contributed by atoms with Gasteiger partial charge >= 0.3 is 5.97 Å². The van der Waals surface area contributed by atoms with Gasteiger partial charge in [0.05, 0.1) is 5.56 Å². The van der Waals surface area contributed by atoms with Gasteiger partial charge in [-0.05, 0) is 55.5 Å². The molecule has 0 saturated heterocycles. The number of benzene rings is 1. The summed E-state index contributed by atoms with van der Waals surface area (Å²) in [5.41, 5.74) is 0.00303. The number of carboxylic acid groups (broad SMARTS) is 1. The minimum atomic E-state index is -1.01. The number of carbonyl (C=O) groups is 2. The van der Waals surface area contributed by atoms with Crippen molar-refractivity contribution in [3.8, 4) is 0 Å². The second-order valence-corrected chi connectivity index (χ2v) is 6.10. The molecule has 0 heterocycles. The van der Waals surface area contributed by atoms with E-state index in [0.29, 0.717) is 5.56 Å². The Morgan fingerprint density at radius 1 is 1.28 bits per heavy atom. The van der Waals surface area contributed by atoms with E-state index in [-0.39, 0.29) is 12.5 Å². The maximum absolute atomic E-state index is 12.4. The molecule has 4 nitrogen and oxygen atoms in total. The van der Waals surface area contributed by atoms with E-state index in [2.05, 4.69) is 22.6 Å². The maximum atomic E-state index is 12.4. The number of rotatable bonds is 3. The first kappa shape index (κ1) is 14.9. The molecular formula is C13H16INO3. The Hall–Kier alpha value is -1.11. The fourth-order valence-electron chi connectivity index (χ4n) is 1.53. The molecule has 1 amide bonds. The van der Waals surface area contributed by atoms with Crippen LogP contribution >= 0.6 is 22.6 Å². The minimum Gasteiger partial charge on any atom is -0.480 e. The number of halogens is 1. The van der Waals surface area contributed by atoms with Gasteiger partial charge in [-0.3, -0.25) is 9.59 Å². The number of carbonyl (C=O) groups excluding carboxylic acids is 1. The van der Waals surface area contributed by atoms with Gasteiger partial charge in [0.25, 0.3) is 5.91 Å². The van der Waals surface area contributed by atoms with Crippen molar-refractivity contribution in [2.75, 3.05) is 6.54 Å². The van der Waals surface area contributed by atoms with E-state index in [9.17, 15) is 9.59 Å². The second-order valence-electron chi connectivity index (χ2n) is 4.94. The van der Waals surface area contributed by atoms with Crippen LogP contribution in [0.25, 0.3) is 0 Å². The average molecular weight is 361 g/mol.